The van der Waals surface area contributed by atoms with Crippen molar-refractivity contribution < 1.29 is 19.5 Å². The number of aliphatic carboxylic acids is 1. The molecule has 0 aromatic carbocycles. The molecule has 0 spiro atoms. The molecular formula is C15H22BN3O4. The molecule has 0 aromatic rings. The molecular weight excluding hydrogens is 297 g/mol. The van der Waals surface area contributed by atoms with Gasteiger partial charge in [-0.05, 0) is 25.7 Å². The van der Waals surface area contributed by atoms with E-state index in [0.717, 1.165) is 0 Å². The minimum absolute atomic E-state index is 0.162. The van der Waals surface area contributed by atoms with Crippen molar-refractivity contribution >= 4 is 25.8 Å². The minimum Gasteiger partial charge on any atom is -0.479 e. The Morgan fingerprint density at radius 2 is 2.13 bits per heavy atom. The molecule has 3 N–H and O–H groups in total. The molecule has 1 saturated heterocycles. The third kappa shape index (κ3) is 3.13. The molecule has 5 atom stereocenters. The average Bonchev–Trinajstić information content (AvgIpc) is 3.10. The lowest BCUT2D eigenvalue weighted by atomic mass is 10.1. The quantitative estimate of drug-likeness (QED) is 0.450. The minimum atomic E-state index is -1.28. The Hall–Kier alpha value is -1.83. The normalized spacial score (nSPS) is 33.8. The molecule has 2 aliphatic rings. The van der Waals surface area contributed by atoms with Gasteiger partial charge in [0.1, 0.15) is 11.6 Å². The van der Waals surface area contributed by atoms with Crippen LogP contribution < -0.4 is 10.5 Å². The highest BCUT2D eigenvalue weighted by Crippen LogP contribution is 2.44. The first-order valence-electron chi connectivity index (χ1n) is 7.71. The summed E-state index contributed by atoms with van der Waals surface area (Å²) >= 11 is 0. The monoisotopic (exact) mass is 319 g/mol. The van der Waals surface area contributed by atoms with Crippen LogP contribution in [0.5, 0.6) is 0 Å². The summed E-state index contributed by atoms with van der Waals surface area (Å²) in [7, 11) is 5.30. The van der Waals surface area contributed by atoms with Gasteiger partial charge < -0.3 is 20.6 Å². The van der Waals surface area contributed by atoms with Gasteiger partial charge in [0, 0.05) is 12.5 Å². The van der Waals surface area contributed by atoms with Crippen LogP contribution in [0.2, 0.25) is 0 Å². The Kier molecular flexibility index (Phi) is 4.84. The molecule has 0 unspecified atom stereocenters. The fourth-order valence-corrected chi connectivity index (χ4v) is 3.18. The molecule has 0 bridgehead atoms. The fraction of sp³-hybridized carbons (Fsp3) is 0.667. The van der Waals surface area contributed by atoms with Crippen molar-refractivity contribution in [3.63, 3.8) is 0 Å². The lowest BCUT2D eigenvalue weighted by Gasteiger charge is -2.28. The molecule has 1 heterocycles. The second kappa shape index (κ2) is 6.35. The zero-order chi connectivity index (χ0) is 17.4. The van der Waals surface area contributed by atoms with Gasteiger partial charge in [0.2, 0.25) is 11.8 Å². The maximum absolute atomic E-state index is 12.6. The van der Waals surface area contributed by atoms with Gasteiger partial charge in [-0.2, -0.15) is 0 Å². The largest absolute Gasteiger partial charge is 0.479 e. The number of hydrogen-bond acceptors (Lipinski definition) is 4. The Morgan fingerprint density at radius 3 is 2.61 bits per heavy atom. The molecule has 1 aliphatic carbocycles. The fourth-order valence-electron chi connectivity index (χ4n) is 3.18. The van der Waals surface area contributed by atoms with Gasteiger partial charge in [-0.1, -0.05) is 13.0 Å². The number of rotatable bonds is 6. The number of nitrogens with zero attached hydrogens (tertiary/aromatic N) is 1. The summed E-state index contributed by atoms with van der Waals surface area (Å²) in [5.74, 6) is -1.89. The summed E-state index contributed by atoms with van der Waals surface area (Å²) in [4.78, 5) is 37.9. The standard InChI is InChI=1S/C15H22BN3O4/c1-4-10-6-15(10,14(22)23)17-12(20)11-5-8(2)7-19(11)13(21)9(3)18-16/h4,8-11,18H,1,5-7H2,2-3H3,(H,17,20)(H,22,23)/t8-,9+,10+,11+,15-/m1/s1. The van der Waals surface area contributed by atoms with Gasteiger partial charge in [0.15, 0.2) is 7.98 Å². The first kappa shape index (κ1) is 17.5. The topological polar surface area (TPSA) is 98.7 Å². The molecule has 8 heteroatoms. The van der Waals surface area contributed by atoms with E-state index < -0.39 is 29.5 Å². The van der Waals surface area contributed by atoms with Crippen LogP contribution in [0.15, 0.2) is 12.7 Å². The predicted octanol–water partition coefficient (Wildman–Crippen LogP) is -0.569. The zero-order valence-electron chi connectivity index (χ0n) is 13.4. The highest BCUT2D eigenvalue weighted by atomic mass is 16.4. The third-order valence-corrected chi connectivity index (χ3v) is 4.74. The van der Waals surface area contributed by atoms with Gasteiger partial charge >= 0.3 is 5.97 Å². The maximum atomic E-state index is 12.6. The molecule has 2 amide bonds. The van der Waals surface area contributed by atoms with Crippen LogP contribution in [-0.2, 0) is 14.4 Å². The van der Waals surface area contributed by atoms with Gasteiger partial charge in [0.05, 0.1) is 6.04 Å². The van der Waals surface area contributed by atoms with E-state index in [1.165, 1.54) is 11.0 Å². The van der Waals surface area contributed by atoms with Crippen molar-refractivity contribution in [2.45, 2.75) is 44.3 Å². The molecule has 2 fully saturated rings. The molecule has 2 radical (unpaired) electrons. The van der Waals surface area contributed by atoms with E-state index in [9.17, 15) is 19.5 Å². The van der Waals surface area contributed by atoms with Crippen molar-refractivity contribution in [1.29, 1.82) is 0 Å². The maximum Gasteiger partial charge on any atom is 0.330 e. The van der Waals surface area contributed by atoms with Gasteiger partial charge in [0.25, 0.3) is 0 Å². The first-order chi connectivity index (χ1) is 10.8. The molecule has 1 aliphatic heterocycles. The summed E-state index contributed by atoms with van der Waals surface area (Å²) < 4.78 is 0. The van der Waals surface area contributed by atoms with E-state index in [4.69, 9.17) is 7.98 Å². The van der Waals surface area contributed by atoms with Crippen LogP contribution in [0.1, 0.15) is 26.7 Å². The molecule has 2 rings (SSSR count). The van der Waals surface area contributed by atoms with Crippen LogP contribution in [0.25, 0.3) is 0 Å². The van der Waals surface area contributed by atoms with E-state index in [2.05, 4.69) is 17.1 Å². The number of carbonyl (C=O) groups excluding carboxylic acids is 2. The van der Waals surface area contributed by atoms with E-state index in [-0.39, 0.29) is 17.7 Å². The summed E-state index contributed by atoms with van der Waals surface area (Å²) in [5.41, 5.74) is -1.28. The number of carboxylic acids is 1. The Labute approximate surface area is 136 Å². The molecule has 124 valence electrons. The highest BCUT2D eigenvalue weighted by molar-refractivity contribution is 6.07. The van der Waals surface area contributed by atoms with Crippen LogP contribution in [-0.4, -0.2) is 59.9 Å². The van der Waals surface area contributed by atoms with Crippen molar-refractivity contribution in [2.24, 2.45) is 11.8 Å². The number of amides is 2. The average molecular weight is 319 g/mol. The van der Waals surface area contributed by atoms with Gasteiger partial charge in [-0.15, -0.1) is 6.58 Å². The second-order valence-corrected chi connectivity index (χ2v) is 6.55. The van der Waals surface area contributed by atoms with Crippen LogP contribution in [0, 0.1) is 11.8 Å². The lowest BCUT2D eigenvalue weighted by Crippen LogP contribution is -2.55. The number of likely N-dealkylation sites (tertiary alicyclic amines) is 1. The number of carboxylic acid groups (broad SMARTS) is 1. The summed E-state index contributed by atoms with van der Waals surface area (Å²) in [6.45, 7) is 7.61. The summed E-state index contributed by atoms with van der Waals surface area (Å²) in [6.07, 6.45) is 2.37. The Balaban J connectivity index is 2.12. The van der Waals surface area contributed by atoms with Gasteiger partial charge in [-0.25, -0.2) is 4.79 Å². The smallest absolute Gasteiger partial charge is 0.330 e. The lowest BCUT2D eigenvalue weighted by molar-refractivity contribution is -0.145. The molecule has 7 nitrogen and oxygen atoms in total. The van der Waals surface area contributed by atoms with E-state index >= 15 is 0 Å². The SMILES string of the molecule is [B]N[C@@H](C)C(=O)N1C[C@H](C)C[C@H]1C(=O)N[C@]1(C(=O)O)C[C@@H]1C=C. The van der Waals surface area contributed by atoms with Crippen molar-refractivity contribution in [3.05, 3.63) is 12.7 Å². The first-order valence-corrected chi connectivity index (χ1v) is 7.71. The van der Waals surface area contributed by atoms with E-state index in [0.29, 0.717) is 19.4 Å². The number of carbonyl (C=O) groups is 3. The summed E-state index contributed by atoms with van der Waals surface area (Å²) in [5, 5.41) is 14.4. The van der Waals surface area contributed by atoms with E-state index in [1.807, 2.05) is 6.92 Å². The molecule has 0 aromatic heterocycles. The second-order valence-electron chi connectivity index (χ2n) is 6.55. The van der Waals surface area contributed by atoms with Crippen LogP contribution in [0.3, 0.4) is 0 Å². The Bertz CT molecular complexity index is 541. The number of hydrogen-bond donors (Lipinski definition) is 3. The van der Waals surface area contributed by atoms with Crippen LogP contribution >= 0.6 is 0 Å². The molecule has 1 saturated carbocycles. The van der Waals surface area contributed by atoms with E-state index in [1.54, 1.807) is 6.92 Å². The number of nitrogens with one attached hydrogen (secondary N) is 2. The predicted molar refractivity (Wildman–Crippen MR) is 84.4 cm³/mol. The van der Waals surface area contributed by atoms with Crippen LogP contribution in [0.4, 0.5) is 0 Å². The summed E-state index contributed by atoms with van der Waals surface area (Å²) in [6, 6.07) is -1.28. The third-order valence-electron chi connectivity index (χ3n) is 4.74. The zero-order valence-corrected chi connectivity index (χ0v) is 13.4. The van der Waals surface area contributed by atoms with Crippen molar-refractivity contribution in [1.82, 2.24) is 15.4 Å². The van der Waals surface area contributed by atoms with Gasteiger partial charge in [-0.3, -0.25) is 9.59 Å². The van der Waals surface area contributed by atoms with Crippen molar-refractivity contribution in [2.75, 3.05) is 6.54 Å². The highest BCUT2D eigenvalue weighted by Gasteiger charge is 2.61. The van der Waals surface area contributed by atoms with Crippen molar-refractivity contribution in [3.8, 4) is 0 Å². The molecule has 23 heavy (non-hydrogen) atoms. The Morgan fingerprint density at radius 1 is 1.48 bits per heavy atom.